The zero-order valence-electron chi connectivity index (χ0n) is 13.9. The number of amides is 1. The summed E-state index contributed by atoms with van der Waals surface area (Å²) < 4.78 is 25.4. The van der Waals surface area contributed by atoms with Crippen molar-refractivity contribution in [2.24, 2.45) is 0 Å². The molecule has 0 radical (unpaired) electrons. The lowest BCUT2D eigenvalue weighted by Gasteiger charge is -2.17. The first kappa shape index (κ1) is 17.9. The van der Waals surface area contributed by atoms with Crippen molar-refractivity contribution < 1.29 is 23.1 Å². The first-order chi connectivity index (χ1) is 12.3. The molecule has 0 bridgehead atoms. The summed E-state index contributed by atoms with van der Waals surface area (Å²) in [5.74, 6) is -1.23. The average Bonchev–Trinajstić information content (AvgIpc) is 2.94. The van der Waals surface area contributed by atoms with E-state index in [0.29, 0.717) is 35.5 Å². The maximum Gasteiger partial charge on any atom is 0.307 e. The summed E-state index contributed by atoms with van der Waals surface area (Å²) >= 11 is 0. The van der Waals surface area contributed by atoms with Gasteiger partial charge < -0.3 is 10.4 Å². The van der Waals surface area contributed by atoms with Crippen molar-refractivity contribution in [3.05, 3.63) is 59.7 Å². The standard InChI is InChI=1S/C18H18N2O5S/c21-17(22)11-13-4-1-6-15(10-13)19-18(23)14-5-2-7-16(12-14)20-8-3-9-26(20,24)25/h1-2,4-7,10,12H,3,8-9,11H2,(H,19,23)(H,21,22). The minimum Gasteiger partial charge on any atom is -0.481 e. The fourth-order valence-corrected chi connectivity index (χ4v) is 4.43. The maximum absolute atomic E-state index is 12.5. The third-order valence-corrected chi connectivity index (χ3v) is 5.91. The molecule has 1 amide bonds. The van der Waals surface area contributed by atoms with E-state index < -0.39 is 21.9 Å². The number of nitrogens with zero attached hydrogens (tertiary/aromatic N) is 1. The summed E-state index contributed by atoms with van der Waals surface area (Å²) in [6, 6.07) is 13.0. The predicted octanol–water partition coefficient (Wildman–Crippen LogP) is 2.11. The molecule has 1 fully saturated rings. The fraction of sp³-hybridized carbons (Fsp3) is 0.222. The quantitative estimate of drug-likeness (QED) is 0.834. The molecule has 136 valence electrons. The van der Waals surface area contributed by atoms with E-state index in [1.807, 2.05) is 0 Å². The largest absolute Gasteiger partial charge is 0.481 e. The molecule has 0 saturated carbocycles. The van der Waals surface area contributed by atoms with Crippen LogP contribution < -0.4 is 9.62 Å². The molecule has 7 nitrogen and oxygen atoms in total. The molecule has 1 aliphatic rings. The van der Waals surface area contributed by atoms with Crippen molar-refractivity contribution in [2.45, 2.75) is 12.8 Å². The zero-order chi connectivity index (χ0) is 18.7. The number of rotatable bonds is 5. The van der Waals surface area contributed by atoms with Crippen molar-refractivity contribution in [1.82, 2.24) is 0 Å². The van der Waals surface area contributed by atoms with E-state index in [-0.39, 0.29) is 12.2 Å². The van der Waals surface area contributed by atoms with E-state index >= 15 is 0 Å². The van der Waals surface area contributed by atoms with Crippen molar-refractivity contribution in [3.63, 3.8) is 0 Å². The predicted molar refractivity (Wildman–Crippen MR) is 97.9 cm³/mol. The Morgan fingerprint density at radius 3 is 2.58 bits per heavy atom. The first-order valence-electron chi connectivity index (χ1n) is 8.08. The van der Waals surface area contributed by atoms with Crippen molar-refractivity contribution in [1.29, 1.82) is 0 Å². The van der Waals surface area contributed by atoms with Gasteiger partial charge in [-0.15, -0.1) is 0 Å². The SMILES string of the molecule is O=C(O)Cc1cccc(NC(=O)c2cccc(N3CCCS3(=O)=O)c2)c1. The molecule has 2 aromatic rings. The van der Waals surface area contributed by atoms with Crippen LogP contribution in [0.2, 0.25) is 0 Å². The van der Waals surface area contributed by atoms with Gasteiger partial charge in [-0.05, 0) is 42.3 Å². The Bertz CT molecular complexity index is 956. The number of hydrogen-bond donors (Lipinski definition) is 2. The first-order valence-corrected chi connectivity index (χ1v) is 9.69. The van der Waals surface area contributed by atoms with Gasteiger partial charge in [0, 0.05) is 17.8 Å². The molecule has 1 aliphatic heterocycles. The smallest absolute Gasteiger partial charge is 0.307 e. The molecule has 1 saturated heterocycles. The number of carbonyl (C=O) groups is 2. The van der Waals surface area contributed by atoms with Crippen LogP contribution in [0.4, 0.5) is 11.4 Å². The molecule has 0 spiro atoms. The van der Waals surface area contributed by atoms with Gasteiger partial charge in [0.1, 0.15) is 0 Å². The van der Waals surface area contributed by atoms with Crippen LogP contribution in [0.15, 0.2) is 48.5 Å². The summed E-state index contributed by atoms with van der Waals surface area (Å²) in [6.07, 6.45) is 0.432. The number of carboxylic acids is 1. The molecular weight excluding hydrogens is 356 g/mol. The van der Waals surface area contributed by atoms with E-state index in [0.717, 1.165) is 0 Å². The molecule has 0 atom stereocenters. The van der Waals surface area contributed by atoms with E-state index in [1.165, 1.54) is 4.31 Å². The van der Waals surface area contributed by atoms with Crippen LogP contribution in [-0.2, 0) is 21.2 Å². The van der Waals surface area contributed by atoms with Crippen LogP contribution >= 0.6 is 0 Å². The second-order valence-corrected chi connectivity index (χ2v) is 8.03. The van der Waals surface area contributed by atoms with Gasteiger partial charge in [-0.3, -0.25) is 13.9 Å². The molecule has 0 aliphatic carbocycles. The molecule has 2 N–H and O–H groups in total. The monoisotopic (exact) mass is 374 g/mol. The molecular formula is C18H18N2O5S. The number of benzene rings is 2. The van der Waals surface area contributed by atoms with Crippen LogP contribution in [0.3, 0.4) is 0 Å². The third kappa shape index (κ3) is 4.02. The Morgan fingerprint density at radius 2 is 1.88 bits per heavy atom. The minimum atomic E-state index is -3.31. The summed E-state index contributed by atoms with van der Waals surface area (Å²) in [4.78, 5) is 23.3. The minimum absolute atomic E-state index is 0.111. The fourth-order valence-electron chi connectivity index (χ4n) is 2.87. The van der Waals surface area contributed by atoms with Gasteiger partial charge in [-0.1, -0.05) is 18.2 Å². The molecule has 3 rings (SSSR count). The lowest BCUT2D eigenvalue weighted by Crippen LogP contribution is -2.25. The number of carbonyl (C=O) groups excluding carboxylic acids is 1. The Morgan fingerprint density at radius 1 is 1.12 bits per heavy atom. The van der Waals surface area contributed by atoms with Gasteiger partial charge in [0.2, 0.25) is 10.0 Å². The van der Waals surface area contributed by atoms with Gasteiger partial charge >= 0.3 is 5.97 Å². The summed E-state index contributed by atoms with van der Waals surface area (Å²) in [7, 11) is -3.31. The number of sulfonamides is 1. The Kier molecular flexibility index (Phi) is 4.94. The summed E-state index contributed by atoms with van der Waals surface area (Å²) in [5, 5.41) is 11.6. The Balaban J connectivity index is 1.79. The van der Waals surface area contributed by atoms with Crippen LogP contribution in [0, 0.1) is 0 Å². The molecule has 2 aromatic carbocycles. The van der Waals surface area contributed by atoms with Crippen molar-refractivity contribution in [2.75, 3.05) is 21.9 Å². The highest BCUT2D eigenvalue weighted by atomic mass is 32.2. The third-order valence-electron chi connectivity index (χ3n) is 4.04. The van der Waals surface area contributed by atoms with Gasteiger partial charge in [0.05, 0.1) is 17.9 Å². The number of carboxylic acid groups (broad SMARTS) is 1. The zero-order valence-corrected chi connectivity index (χ0v) is 14.7. The highest BCUT2D eigenvalue weighted by Gasteiger charge is 2.28. The number of hydrogen-bond acceptors (Lipinski definition) is 4. The Hall–Kier alpha value is -2.87. The van der Waals surface area contributed by atoms with Crippen LogP contribution in [0.1, 0.15) is 22.3 Å². The van der Waals surface area contributed by atoms with E-state index in [1.54, 1.807) is 48.5 Å². The number of nitrogens with one attached hydrogen (secondary N) is 1. The summed E-state index contributed by atoms with van der Waals surface area (Å²) in [6.45, 7) is 0.407. The van der Waals surface area contributed by atoms with Crippen LogP contribution in [-0.4, -0.2) is 37.7 Å². The lowest BCUT2D eigenvalue weighted by atomic mass is 10.1. The van der Waals surface area contributed by atoms with E-state index in [4.69, 9.17) is 5.11 Å². The van der Waals surface area contributed by atoms with Crippen molar-refractivity contribution >= 4 is 33.3 Å². The maximum atomic E-state index is 12.5. The molecule has 0 unspecified atom stereocenters. The van der Waals surface area contributed by atoms with Gasteiger partial charge in [0.25, 0.3) is 5.91 Å². The van der Waals surface area contributed by atoms with Gasteiger partial charge in [-0.25, -0.2) is 8.42 Å². The highest BCUT2D eigenvalue weighted by molar-refractivity contribution is 7.93. The van der Waals surface area contributed by atoms with Crippen LogP contribution in [0.5, 0.6) is 0 Å². The van der Waals surface area contributed by atoms with Gasteiger partial charge in [0.15, 0.2) is 0 Å². The van der Waals surface area contributed by atoms with Gasteiger partial charge in [-0.2, -0.15) is 0 Å². The molecule has 1 heterocycles. The Labute approximate surface area is 151 Å². The topological polar surface area (TPSA) is 104 Å². The highest BCUT2D eigenvalue weighted by Crippen LogP contribution is 2.25. The average molecular weight is 374 g/mol. The second-order valence-electron chi connectivity index (χ2n) is 6.02. The second kappa shape index (κ2) is 7.17. The number of aliphatic carboxylic acids is 1. The van der Waals surface area contributed by atoms with Crippen LogP contribution in [0.25, 0.3) is 0 Å². The number of anilines is 2. The molecule has 26 heavy (non-hydrogen) atoms. The van der Waals surface area contributed by atoms with E-state index in [2.05, 4.69) is 5.32 Å². The lowest BCUT2D eigenvalue weighted by molar-refractivity contribution is -0.136. The summed E-state index contributed by atoms with van der Waals surface area (Å²) in [5.41, 5.74) is 1.85. The molecule has 8 heteroatoms. The molecule has 0 aromatic heterocycles. The van der Waals surface area contributed by atoms with Crippen molar-refractivity contribution in [3.8, 4) is 0 Å². The normalized spacial score (nSPS) is 15.6. The van der Waals surface area contributed by atoms with E-state index in [9.17, 15) is 18.0 Å².